The quantitative estimate of drug-likeness (QED) is 0.520. The lowest BCUT2D eigenvalue weighted by molar-refractivity contribution is 0.571. The van der Waals surface area contributed by atoms with Crippen LogP contribution in [0, 0.1) is 31.5 Å². The lowest BCUT2D eigenvalue weighted by Crippen LogP contribution is -1.88. The third-order valence-corrected chi connectivity index (χ3v) is 1.34. The maximum absolute atomic E-state index is 12.5. The Bertz CT molecular complexity index is 203. The van der Waals surface area contributed by atoms with Gasteiger partial charge in [-0.3, -0.25) is 0 Å². The Morgan fingerprint density at radius 2 is 1.50 bits per heavy atom. The van der Waals surface area contributed by atoms with Crippen molar-refractivity contribution in [3.8, 4) is 0 Å². The van der Waals surface area contributed by atoms with Crippen LogP contribution in [0.1, 0.15) is 11.1 Å². The molecule has 0 saturated heterocycles. The number of benzene rings is 1. The van der Waals surface area contributed by atoms with E-state index in [2.05, 4.69) is 6.07 Å². The Labute approximate surface area is 58.5 Å². The van der Waals surface area contributed by atoms with Gasteiger partial charge >= 0.3 is 0 Å². The zero-order valence-electron chi connectivity index (χ0n) is 5.83. The molecular formula is C8H7F2. The molecule has 1 rings (SSSR count). The molecule has 0 saturated carbocycles. The van der Waals surface area contributed by atoms with Crippen molar-refractivity contribution in [3.63, 3.8) is 0 Å². The third kappa shape index (κ3) is 1.15. The summed E-state index contributed by atoms with van der Waals surface area (Å²) in [6, 6.07) is 3.43. The average Bonchev–Trinajstić information content (AvgIpc) is 1.84. The SMILES string of the molecule is Cc1[c]c(C)c(F)cc1F. The number of hydrogen-bond donors (Lipinski definition) is 0. The molecule has 0 spiro atoms. The average molecular weight is 141 g/mol. The molecule has 0 unspecified atom stereocenters. The fourth-order valence-corrected chi connectivity index (χ4v) is 0.728. The molecule has 0 aliphatic rings. The summed E-state index contributed by atoms with van der Waals surface area (Å²) < 4.78 is 25.0. The van der Waals surface area contributed by atoms with Crippen LogP contribution in [-0.2, 0) is 0 Å². The van der Waals surface area contributed by atoms with Crippen molar-refractivity contribution in [2.45, 2.75) is 13.8 Å². The molecule has 10 heavy (non-hydrogen) atoms. The molecule has 1 aromatic rings. The van der Waals surface area contributed by atoms with E-state index in [0.29, 0.717) is 11.1 Å². The fraction of sp³-hybridized carbons (Fsp3) is 0.250. The first-order valence-electron chi connectivity index (χ1n) is 2.96. The third-order valence-electron chi connectivity index (χ3n) is 1.34. The van der Waals surface area contributed by atoms with Crippen LogP contribution in [0.5, 0.6) is 0 Å². The van der Waals surface area contributed by atoms with Crippen molar-refractivity contribution < 1.29 is 8.78 Å². The van der Waals surface area contributed by atoms with Gasteiger partial charge in [0.05, 0.1) is 0 Å². The van der Waals surface area contributed by atoms with Crippen molar-refractivity contribution >= 4 is 0 Å². The van der Waals surface area contributed by atoms with Gasteiger partial charge < -0.3 is 0 Å². The molecule has 0 amide bonds. The van der Waals surface area contributed by atoms with Gasteiger partial charge in [0, 0.05) is 6.07 Å². The molecule has 0 atom stereocenters. The minimum absolute atomic E-state index is 0.360. The minimum atomic E-state index is -0.539. The summed E-state index contributed by atoms with van der Waals surface area (Å²) in [7, 11) is 0. The first kappa shape index (κ1) is 7.19. The normalized spacial score (nSPS) is 10.0. The monoisotopic (exact) mass is 141 g/mol. The molecular weight excluding hydrogens is 134 g/mol. The summed E-state index contributed by atoms with van der Waals surface area (Å²) >= 11 is 0. The molecule has 0 fully saturated rings. The Morgan fingerprint density at radius 3 is 1.80 bits per heavy atom. The van der Waals surface area contributed by atoms with Gasteiger partial charge in [-0.25, -0.2) is 8.78 Å². The Kier molecular flexibility index (Phi) is 1.70. The predicted octanol–water partition coefficient (Wildman–Crippen LogP) is 2.38. The van der Waals surface area contributed by atoms with E-state index in [1.165, 1.54) is 0 Å². The molecule has 0 heterocycles. The summed E-state index contributed by atoms with van der Waals surface area (Å²) in [6.07, 6.45) is 0. The second-order valence-corrected chi connectivity index (χ2v) is 2.22. The lowest BCUT2D eigenvalue weighted by Gasteiger charge is -1.97. The highest BCUT2D eigenvalue weighted by Gasteiger charge is 2.02. The van der Waals surface area contributed by atoms with Gasteiger partial charge in [-0.2, -0.15) is 0 Å². The van der Waals surface area contributed by atoms with Gasteiger partial charge in [-0.15, -0.1) is 0 Å². The molecule has 1 radical (unpaired) electrons. The Balaban J connectivity index is 3.28. The van der Waals surface area contributed by atoms with E-state index in [4.69, 9.17) is 0 Å². The highest BCUT2D eigenvalue weighted by atomic mass is 19.1. The van der Waals surface area contributed by atoms with Crippen LogP contribution >= 0.6 is 0 Å². The molecule has 0 N–H and O–H groups in total. The molecule has 2 heteroatoms. The van der Waals surface area contributed by atoms with E-state index in [9.17, 15) is 8.78 Å². The minimum Gasteiger partial charge on any atom is -0.207 e. The molecule has 0 aliphatic carbocycles. The highest BCUT2D eigenvalue weighted by molar-refractivity contribution is 5.22. The Morgan fingerprint density at radius 1 is 1.10 bits per heavy atom. The van der Waals surface area contributed by atoms with E-state index in [1.807, 2.05) is 0 Å². The van der Waals surface area contributed by atoms with Crippen LogP contribution < -0.4 is 0 Å². The second kappa shape index (κ2) is 2.37. The summed E-state index contributed by atoms with van der Waals surface area (Å²) in [5.74, 6) is -1.08. The van der Waals surface area contributed by atoms with Crippen molar-refractivity contribution in [1.82, 2.24) is 0 Å². The number of halogens is 2. The van der Waals surface area contributed by atoms with E-state index < -0.39 is 11.6 Å². The molecule has 0 aromatic heterocycles. The largest absolute Gasteiger partial charge is 0.207 e. The maximum Gasteiger partial charge on any atom is 0.129 e. The summed E-state index contributed by atoms with van der Waals surface area (Å²) in [4.78, 5) is 0. The van der Waals surface area contributed by atoms with Gasteiger partial charge in [-0.1, -0.05) is 0 Å². The molecule has 0 nitrogen and oxygen atoms in total. The smallest absolute Gasteiger partial charge is 0.129 e. The number of aryl methyl sites for hydroxylation is 2. The van der Waals surface area contributed by atoms with Crippen LogP contribution in [-0.4, -0.2) is 0 Å². The van der Waals surface area contributed by atoms with Crippen LogP contribution in [0.2, 0.25) is 0 Å². The maximum atomic E-state index is 12.5. The highest BCUT2D eigenvalue weighted by Crippen LogP contribution is 2.11. The van der Waals surface area contributed by atoms with E-state index >= 15 is 0 Å². The summed E-state index contributed by atoms with van der Waals surface area (Å²) in [6.45, 7) is 3.11. The molecule has 0 aliphatic heterocycles. The summed E-state index contributed by atoms with van der Waals surface area (Å²) in [5, 5.41) is 0. The molecule has 0 bridgehead atoms. The van der Waals surface area contributed by atoms with Crippen molar-refractivity contribution in [2.75, 3.05) is 0 Å². The van der Waals surface area contributed by atoms with Crippen molar-refractivity contribution in [2.24, 2.45) is 0 Å². The van der Waals surface area contributed by atoms with Gasteiger partial charge in [0.2, 0.25) is 0 Å². The number of hydrogen-bond acceptors (Lipinski definition) is 0. The van der Waals surface area contributed by atoms with Crippen molar-refractivity contribution in [3.05, 3.63) is 34.9 Å². The van der Waals surface area contributed by atoms with E-state index in [0.717, 1.165) is 6.07 Å². The van der Waals surface area contributed by atoms with E-state index in [1.54, 1.807) is 13.8 Å². The van der Waals surface area contributed by atoms with Gasteiger partial charge in [-0.05, 0) is 31.0 Å². The molecule has 1 aromatic carbocycles. The van der Waals surface area contributed by atoms with Crippen LogP contribution in [0.25, 0.3) is 0 Å². The van der Waals surface area contributed by atoms with Crippen LogP contribution in [0.15, 0.2) is 6.07 Å². The fourth-order valence-electron chi connectivity index (χ4n) is 0.728. The zero-order valence-corrected chi connectivity index (χ0v) is 5.83. The topological polar surface area (TPSA) is 0 Å². The first-order valence-corrected chi connectivity index (χ1v) is 2.96. The van der Waals surface area contributed by atoms with Crippen LogP contribution in [0.4, 0.5) is 8.78 Å². The molecule has 53 valence electrons. The van der Waals surface area contributed by atoms with Gasteiger partial charge in [0.1, 0.15) is 11.6 Å². The van der Waals surface area contributed by atoms with Crippen LogP contribution in [0.3, 0.4) is 0 Å². The Hall–Kier alpha value is -0.920. The van der Waals surface area contributed by atoms with E-state index in [-0.39, 0.29) is 0 Å². The zero-order chi connectivity index (χ0) is 7.72. The summed E-state index contributed by atoms with van der Waals surface area (Å²) in [5.41, 5.74) is 0.720. The van der Waals surface area contributed by atoms with Gasteiger partial charge in [0.25, 0.3) is 0 Å². The second-order valence-electron chi connectivity index (χ2n) is 2.22. The standard InChI is InChI=1S/C8H7F2/c1-5-3-6(2)8(10)4-7(5)9/h4H,1-2H3. The van der Waals surface area contributed by atoms with Gasteiger partial charge in [0.15, 0.2) is 0 Å². The number of rotatable bonds is 0. The predicted molar refractivity (Wildman–Crippen MR) is 34.7 cm³/mol. The first-order chi connectivity index (χ1) is 4.61. The van der Waals surface area contributed by atoms with Crippen molar-refractivity contribution in [1.29, 1.82) is 0 Å². The lowest BCUT2D eigenvalue weighted by atomic mass is 10.1.